The largest absolute Gasteiger partial charge is 0.343 e. The summed E-state index contributed by atoms with van der Waals surface area (Å²) in [4.78, 5) is 16.6. The minimum absolute atomic E-state index is 0.209. The molecule has 1 rings (SSSR count). The third kappa shape index (κ3) is 4.77. The number of nitrogens with two attached hydrogens (primary N) is 1. The summed E-state index contributed by atoms with van der Waals surface area (Å²) < 4.78 is 0. The maximum absolute atomic E-state index is 12.3. The van der Waals surface area contributed by atoms with Gasteiger partial charge in [0.25, 0.3) is 0 Å². The molecule has 0 saturated carbocycles. The van der Waals surface area contributed by atoms with Crippen LogP contribution in [0.3, 0.4) is 0 Å². The van der Waals surface area contributed by atoms with E-state index >= 15 is 0 Å². The fraction of sp³-hybridized carbons (Fsp3) is 0.933. The molecule has 0 aromatic rings. The summed E-state index contributed by atoms with van der Waals surface area (Å²) in [5.41, 5.74) is 5.94. The zero-order valence-electron chi connectivity index (χ0n) is 12.9. The van der Waals surface area contributed by atoms with Gasteiger partial charge >= 0.3 is 0 Å². The second-order valence-corrected chi connectivity index (χ2v) is 5.60. The molecule has 1 aliphatic heterocycles. The van der Waals surface area contributed by atoms with Gasteiger partial charge in [-0.15, -0.1) is 0 Å². The first-order valence-corrected chi connectivity index (χ1v) is 7.87. The summed E-state index contributed by atoms with van der Waals surface area (Å²) in [5.74, 6) is 0.247. The number of rotatable bonds is 6. The quantitative estimate of drug-likeness (QED) is 0.800. The summed E-state index contributed by atoms with van der Waals surface area (Å²) >= 11 is 0. The first-order valence-electron chi connectivity index (χ1n) is 7.87. The third-order valence-electron chi connectivity index (χ3n) is 4.37. The Labute approximate surface area is 118 Å². The van der Waals surface area contributed by atoms with Gasteiger partial charge in [-0.2, -0.15) is 0 Å². The number of amides is 1. The van der Waals surface area contributed by atoms with Gasteiger partial charge in [-0.3, -0.25) is 9.69 Å². The summed E-state index contributed by atoms with van der Waals surface area (Å²) in [6, 6.07) is 0.766. The lowest BCUT2D eigenvalue weighted by atomic mass is 10.1. The molecule has 0 spiro atoms. The molecular formula is C15H31N3O. The molecule has 1 saturated heterocycles. The summed E-state index contributed by atoms with van der Waals surface area (Å²) in [5, 5.41) is 0. The Morgan fingerprint density at radius 2 is 2.00 bits per heavy atom. The minimum Gasteiger partial charge on any atom is -0.343 e. The lowest BCUT2D eigenvalue weighted by Crippen LogP contribution is -2.48. The van der Waals surface area contributed by atoms with E-state index in [0.29, 0.717) is 19.0 Å². The van der Waals surface area contributed by atoms with E-state index in [1.165, 1.54) is 25.7 Å². The van der Waals surface area contributed by atoms with Gasteiger partial charge in [0.05, 0.1) is 0 Å². The first-order chi connectivity index (χ1) is 9.13. The molecular weight excluding hydrogens is 238 g/mol. The molecule has 0 aromatic heterocycles. The second kappa shape index (κ2) is 8.54. The normalized spacial score (nSPS) is 22.8. The summed E-state index contributed by atoms with van der Waals surface area (Å²) in [6.07, 6.45) is 5.65. The minimum atomic E-state index is 0.209. The van der Waals surface area contributed by atoms with Gasteiger partial charge in [-0.05, 0) is 40.2 Å². The summed E-state index contributed by atoms with van der Waals surface area (Å²) in [7, 11) is 0. The predicted molar refractivity (Wildman–Crippen MR) is 80.0 cm³/mol. The van der Waals surface area contributed by atoms with E-state index in [9.17, 15) is 4.79 Å². The van der Waals surface area contributed by atoms with Crippen molar-refractivity contribution in [1.29, 1.82) is 0 Å². The fourth-order valence-corrected chi connectivity index (χ4v) is 3.08. The number of likely N-dealkylation sites (tertiary alicyclic amines) is 1. The van der Waals surface area contributed by atoms with Gasteiger partial charge in [0, 0.05) is 38.1 Å². The number of carbonyl (C=O) groups excluding carboxylic acids is 1. The van der Waals surface area contributed by atoms with Crippen LogP contribution in [0.5, 0.6) is 0 Å². The van der Waals surface area contributed by atoms with Crippen molar-refractivity contribution in [3.05, 3.63) is 0 Å². The predicted octanol–water partition coefficient (Wildman–Crippen LogP) is 1.84. The lowest BCUT2D eigenvalue weighted by molar-refractivity contribution is -0.132. The maximum Gasteiger partial charge on any atom is 0.224 e. The van der Waals surface area contributed by atoms with Crippen LogP contribution >= 0.6 is 0 Å². The van der Waals surface area contributed by atoms with E-state index in [2.05, 4.69) is 11.8 Å². The van der Waals surface area contributed by atoms with E-state index in [1.807, 2.05) is 18.7 Å². The van der Waals surface area contributed by atoms with Gasteiger partial charge < -0.3 is 10.6 Å². The van der Waals surface area contributed by atoms with Crippen molar-refractivity contribution in [3.63, 3.8) is 0 Å². The molecule has 112 valence electrons. The van der Waals surface area contributed by atoms with E-state index in [-0.39, 0.29) is 11.9 Å². The topological polar surface area (TPSA) is 49.6 Å². The molecule has 0 aromatic carbocycles. The van der Waals surface area contributed by atoms with Crippen LogP contribution in [0.2, 0.25) is 0 Å². The molecule has 19 heavy (non-hydrogen) atoms. The average molecular weight is 269 g/mol. The standard InChI is InChI=1S/C15H31N3O/c1-4-17(5-2)15(19)11-14(12-16)18-10-8-6-7-9-13(18)3/h13-14H,4-12,16H2,1-3H3. The van der Waals surface area contributed by atoms with Gasteiger partial charge in [0.1, 0.15) is 0 Å². The van der Waals surface area contributed by atoms with Crippen LogP contribution in [0.15, 0.2) is 0 Å². The summed E-state index contributed by atoms with van der Waals surface area (Å²) in [6.45, 7) is 9.60. The Balaban J connectivity index is 2.62. The molecule has 1 fully saturated rings. The SMILES string of the molecule is CCN(CC)C(=O)CC(CN)N1CCCCCC1C. The highest BCUT2D eigenvalue weighted by molar-refractivity contribution is 5.76. The van der Waals surface area contributed by atoms with Crippen molar-refractivity contribution in [2.24, 2.45) is 5.73 Å². The zero-order valence-corrected chi connectivity index (χ0v) is 12.9. The zero-order chi connectivity index (χ0) is 14.3. The average Bonchev–Trinajstić information content (AvgIpc) is 2.62. The van der Waals surface area contributed by atoms with Crippen LogP contribution in [0, 0.1) is 0 Å². The van der Waals surface area contributed by atoms with E-state index in [0.717, 1.165) is 19.6 Å². The maximum atomic E-state index is 12.3. The highest BCUT2D eigenvalue weighted by Crippen LogP contribution is 2.20. The lowest BCUT2D eigenvalue weighted by Gasteiger charge is -2.35. The van der Waals surface area contributed by atoms with Gasteiger partial charge in [-0.25, -0.2) is 0 Å². The Morgan fingerprint density at radius 1 is 1.32 bits per heavy atom. The smallest absolute Gasteiger partial charge is 0.224 e. The van der Waals surface area contributed by atoms with E-state index in [4.69, 9.17) is 5.73 Å². The molecule has 1 amide bonds. The van der Waals surface area contributed by atoms with Crippen molar-refractivity contribution in [2.75, 3.05) is 26.2 Å². The molecule has 2 atom stereocenters. The molecule has 0 bridgehead atoms. The van der Waals surface area contributed by atoms with Crippen LogP contribution in [0.4, 0.5) is 0 Å². The van der Waals surface area contributed by atoms with Gasteiger partial charge in [0.2, 0.25) is 5.91 Å². The molecule has 1 aliphatic rings. The molecule has 2 unspecified atom stereocenters. The second-order valence-electron chi connectivity index (χ2n) is 5.60. The van der Waals surface area contributed by atoms with Crippen molar-refractivity contribution in [3.8, 4) is 0 Å². The van der Waals surface area contributed by atoms with Crippen molar-refractivity contribution in [1.82, 2.24) is 9.80 Å². The van der Waals surface area contributed by atoms with Crippen LogP contribution < -0.4 is 5.73 Å². The molecule has 1 heterocycles. The Morgan fingerprint density at radius 3 is 2.58 bits per heavy atom. The van der Waals surface area contributed by atoms with Gasteiger partial charge in [-0.1, -0.05) is 12.8 Å². The first kappa shape index (κ1) is 16.4. The van der Waals surface area contributed by atoms with Crippen LogP contribution in [-0.4, -0.2) is 54.0 Å². The van der Waals surface area contributed by atoms with E-state index in [1.54, 1.807) is 0 Å². The highest BCUT2D eigenvalue weighted by atomic mass is 16.2. The Kier molecular flexibility index (Phi) is 7.39. The Bertz CT molecular complexity index is 266. The number of nitrogens with zero attached hydrogens (tertiary/aromatic N) is 2. The van der Waals surface area contributed by atoms with Crippen LogP contribution in [0.25, 0.3) is 0 Å². The number of carbonyl (C=O) groups is 1. The Hall–Kier alpha value is -0.610. The van der Waals surface area contributed by atoms with Crippen molar-refractivity contribution >= 4 is 5.91 Å². The fourth-order valence-electron chi connectivity index (χ4n) is 3.08. The van der Waals surface area contributed by atoms with Crippen LogP contribution in [0.1, 0.15) is 52.9 Å². The monoisotopic (exact) mass is 269 g/mol. The van der Waals surface area contributed by atoms with Crippen LogP contribution in [-0.2, 0) is 4.79 Å². The number of hydrogen-bond donors (Lipinski definition) is 1. The van der Waals surface area contributed by atoms with Crippen molar-refractivity contribution in [2.45, 2.75) is 65.0 Å². The molecule has 4 nitrogen and oxygen atoms in total. The highest BCUT2D eigenvalue weighted by Gasteiger charge is 2.26. The molecule has 0 aliphatic carbocycles. The van der Waals surface area contributed by atoms with Crippen molar-refractivity contribution < 1.29 is 4.79 Å². The van der Waals surface area contributed by atoms with Gasteiger partial charge in [0.15, 0.2) is 0 Å². The van der Waals surface area contributed by atoms with E-state index < -0.39 is 0 Å². The number of hydrogen-bond acceptors (Lipinski definition) is 3. The molecule has 0 radical (unpaired) electrons. The molecule has 2 N–H and O–H groups in total. The third-order valence-corrected chi connectivity index (χ3v) is 4.37. The molecule has 4 heteroatoms.